The van der Waals surface area contributed by atoms with E-state index in [4.69, 9.17) is 0 Å². The summed E-state index contributed by atoms with van der Waals surface area (Å²) in [6.45, 7) is 6.16. The number of amides is 2. The molecule has 5 N–H and O–H groups in total. The number of carbonyl (C=O) groups is 3. The van der Waals surface area contributed by atoms with Gasteiger partial charge in [0.2, 0.25) is 11.8 Å². The lowest BCUT2D eigenvalue weighted by molar-refractivity contribution is -0.151. The maximum absolute atomic E-state index is 14.3. The summed E-state index contributed by atoms with van der Waals surface area (Å²) in [5.41, 5.74) is 6.85. The lowest BCUT2D eigenvalue weighted by Crippen LogP contribution is -2.65. The van der Waals surface area contributed by atoms with Crippen LogP contribution in [-0.2, 0) is 9.59 Å². The number of nitrogens with one attached hydrogen (secondary N) is 3. The van der Waals surface area contributed by atoms with E-state index in [0.717, 1.165) is 44.1 Å². The number of carboxylic acid groups (broad SMARTS) is 1. The fourth-order valence-corrected chi connectivity index (χ4v) is 6.45. The van der Waals surface area contributed by atoms with Crippen LogP contribution in [0.4, 0.5) is 0 Å². The van der Waals surface area contributed by atoms with Gasteiger partial charge >= 0.3 is 5.97 Å². The number of likely N-dealkylation sites (tertiary alicyclic amines) is 1. The van der Waals surface area contributed by atoms with Crippen molar-refractivity contribution in [3.05, 3.63) is 35.4 Å². The Bertz CT molecular complexity index is 1020. The monoisotopic (exact) mass is 515 g/mol. The molecule has 0 radical (unpaired) electrons. The molecule has 10 nitrogen and oxygen atoms in total. The molecule has 2 heterocycles. The van der Waals surface area contributed by atoms with E-state index in [2.05, 4.69) is 21.3 Å². The van der Waals surface area contributed by atoms with Crippen LogP contribution in [-0.4, -0.2) is 75.2 Å². The smallest absolute Gasteiger partial charge is 0.335 e. The number of rotatable bonds is 5. The van der Waals surface area contributed by atoms with Gasteiger partial charge in [-0.25, -0.2) is 15.2 Å². The molecule has 37 heavy (non-hydrogen) atoms. The standard InChI is InChI=1S/C27H41N5O5/c1-26(2,3)22(24(35)31-16-19(33)15-20(31)23(34)28-4)32-27(12-7-5-6-8-13-27)21(29-30-32)17-10-9-11-18(14-17)25(36)37/h9-11,14,19-22,29-30,33H,5-8,12-13,15-16H2,1-4H3,(H,28,34)(H,36,37)/t19-,20+,21?,22-/m1/s1. The Labute approximate surface area is 218 Å². The quantitative estimate of drug-likeness (QED) is 0.402. The van der Waals surface area contributed by atoms with Gasteiger partial charge in [0.25, 0.3) is 0 Å². The van der Waals surface area contributed by atoms with Crippen molar-refractivity contribution < 1.29 is 24.6 Å². The molecular formula is C27H41N5O5. The lowest BCUT2D eigenvalue weighted by Gasteiger charge is -2.48. The van der Waals surface area contributed by atoms with Crippen molar-refractivity contribution in [1.82, 2.24) is 26.2 Å². The largest absolute Gasteiger partial charge is 0.478 e. The van der Waals surface area contributed by atoms with Gasteiger partial charge in [0.15, 0.2) is 0 Å². The first-order valence-corrected chi connectivity index (χ1v) is 13.3. The van der Waals surface area contributed by atoms with Gasteiger partial charge in [-0.05, 0) is 36.0 Å². The number of aromatic carboxylic acids is 1. The van der Waals surface area contributed by atoms with E-state index in [0.29, 0.717) is 0 Å². The molecule has 10 heteroatoms. The molecule has 3 fully saturated rings. The summed E-state index contributed by atoms with van der Waals surface area (Å²) in [7, 11) is 1.54. The average molecular weight is 516 g/mol. The minimum Gasteiger partial charge on any atom is -0.478 e. The fourth-order valence-electron chi connectivity index (χ4n) is 6.45. The Morgan fingerprint density at radius 2 is 1.81 bits per heavy atom. The first-order valence-electron chi connectivity index (χ1n) is 13.3. The minimum absolute atomic E-state index is 0.113. The van der Waals surface area contributed by atoms with E-state index in [9.17, 15) is 24.6 Å². The highest BCUT2D eigenvalue weighted by molar-refractivity contribution is 5.91. The molecule has 1 spiro atoms. The SMILES string of the molecule is CNC(=O)[C@@H]1C[C@@H](O)CN1C(=O)[C@@H](N1NNC(c2cccc(C(=O)O)c2)C12CCCCCC2)C(C)(C)C. The second-order valence-corrected chi connectivity index (χ2v) is 11.8. The van der Waals surface area contributed by atoms with Crippen LogP contribution in [0.15, 0.2) is 24.3 Å². The molecule has 1 aromatic rings. The molecule has 1 unspecified atom stereocenters. The third kappa shape index (κ3) is 5.25. The molecule has 1 saturated carbocycles. The van der Waals surface area contributed by atoms with E-state index in [1.165, 1.54) is 4.90 Å². The Balaban J connectivity index is 1.77. The van der Waals surface area contributed by atoms with E-state index >= 15 is 0 Å². The van der Waals surface area contributed by atoms with Crippen LogP contribution in [0, 0.1) is 5.41 Å². The van der Waals surface area contributed by atoms with Crippen molar-refractivity contribution in [1.29, 1.82) is 0 Å². The summed E-state index contributed by atoms with van der Waals surface area (Å²) in [6, 6.07) is 5.41. The van der Waals surface area contributed by atoms with Crippen LogP contribution in [0.2, 0.25) is 0 Å². The van der Waals surface area contributed by atoms with Gasteiger partial charge in [0, 0.05) is 20.0 Å². The molecule has 2 amide bonds. The zero-order valence-corrected chi connectivity index (χ0v) is 22.3. The Morgan fingerprint density at radius 3 is 2.41 bits per heavy atom. The van der Waals surface area contributed by atoms with E-state index in [1.807, 2.05) is 26.8 Å². The zero-order chi connectivity index (χ0) is 27.0. The minimum atomic E-state index is -0.977. The second-order valence-electron chi connectivity index (χ2n) is 11.8. The van der Waals surface area contributed by atoms with E-state index in [1.54, 1.807) is 25.2 Å². The van der Waals surface area contributed by atoms with E-state index in [-0.39, 0.29) is 36.4 Å². The molecule has 4 rings (SSSR count). The number of benzene rings is 1. The summed E-state index contributed by atoms with van der Waals surface area (Å²) in [6.07, 6.45) is 5.30. The topological polar surface area (TPSA) is 134 Å². The summed E-state index contributed by atoms with van der Waals surface area (Å²) in [5.74, 6) is -1.46. The molecule has 2 aliphatic heterocycles. The maximum atomic E-state index is 14.3. The molecule has 2 saturated heterocycles. The van der Waals surface area contributed by atoms with Gasteiger partial charge in [-0.2, -0.15) is 5.53 Å². The number of hydrazine groups is 2. The number of β-amino-alcohol motifs (C(OH)–C–C–N with tert-alkyl or cyclic N) is 1. The van der Waals surface area contributed by atoms with Crippen molar-refractivity contribution in [2.45, 2.75) is 95.5 Å². The molecule has 204 valence electrons. The number of carboxylic acids is 1. The van der Waals surface area contributed by atoms with Gasteiger partial charge in [0.05, 0.1) is 23.2 Å². The van der Waals surface area contributed by atoms with Crippen LogP contribution >= 0.6 is 0 Å². The predicted molar refractivity (Wildman–Crippen MR) is 138 cm³/mol. The highest BCUT2D eigenvalue weighted by Gasteiger charge is 2.57. The lowest BCUT2D eigenvalue weighted by atomic mass is 9.75. The van der Waals surface area contributed by atoms with Crippen LogP contribution in [0.25, 0.3) is 0 Å². The number of nitrogens with zero attached hydrogens (tertiary/aromatic N) is 2. The fraction of sp³-hybridized carbons (Fsp3) is 0.667. The summed E-state index contributed by atoms with van der Waals surface area (Å²) in [4.78, 5) is 40.2. The van der Waals surface area contributed by atoms with Crippen LogP contribution in [0.1, 0.15) is 87.7 Å². The highest BCUT2D eigenvalue weighted by atomic mass is 16.4. The van der Waals surface area contributed by atoms with Gasteiger partial charge in [-0.3, -0.25) is 9.59 Å². The molecule has 1 aromatic carbocycles. The Hall–Kier alpha value is -2.53. The second kappa shape index (κ2) is 10.7. The van der Waals surface area contributed by atoms with Crippen LogP contribution < -0.4 is 16.3 Å². The maximum Gasteiger partial charge on any atom is 0.335 e. The van der Waals surface area contributed by atoms with Gasteiger partial charge in [0.1, 0.15) is 12.1 Å². The average Bonchev–Trinajstić information content (AvgIpc) is 3.30. The van der Waals surface area contributed by atoms with Gasteiger partial charge in [-0.15, -0.1) is 0 Å². The highest BCUT2D eigenvalue weighted by Crippen LogP contribution is 2.47. The van der Waals surface area contributed by atoms with E-state index < -0.39 is 35.1 Å². The van der Waals surface area contributed by atoms with Crippen LogP contribution in [0.5, 0.6) is 0 Å². The normalized spacial score (nSPS) is 27.2. The summed E-state index contributed by atoms with van der Waals surface area (Å²) in [5, 5.41) is 24.7. The van der Waals surface area contributed by atoms with Crippen molar-refractivity contribution in [3.8, 4) is 0 Å². The first-order chi connectivity index (χ1) is 17.5. The van der Waals surface area contributed by atoms with Crippen LogP contribution in [0.3, 0.4) is 0 Å². The molecule has 1 aliphatic carbocycles. The Morgan fingerprint density at radius 1 is 1.14 bits per heavy atom. The Kier molecular flexibility index (Phi) is 7.94. The number of hydrogen-bond donors (Lipinski definition) is 5. The molecule has 0 bridgehead atoms. The summed E-state index contributed by atoms with van der Waals surface area (Å²) < 4.78 is 0. The molecular weight excluding hydrogens is 474 g/mol. The third-order valence-corrected chi connectivity index (χ3v) is 8.21. The van der Waals surface area contributed by atoms with Gasteiger partial charge < -0.3 is 20.4 Å². The van der Waals surface area contributed by atoms with Crippen molar-refractivity contribution in [3.63, 3.8) is 0 Å². The first kappa shape index (κ1) is 27.5. The molecule has 0 aromatic heterocycles. The number of hydrogen-bond acceptors (Lipinski definition) is 7. The van der Waals surface area contributed by atoms with Crippen molar-refractivity contribution in [2.75, 3.05) is 13.6 Å². The predicted octanol–water partition coefficient (Wildman–Crippen LogP) is 1.97. The summed E-state index contributed by atoms with van der Waals surface area (Å²) >= 11 is 0. The van der Waals surface area contributed by atoms with Gasteiger partial charge in [-0.1, -0.05) is 58.6 Å². The third-order valence-electron chi connectivity index (χ3n) is 8.21. The number of carbonyl (C=O) groups excluding carboxylic acids is 2. The van der Waals surface area contributed by atoms with Crippen molar-refractivity contribution >= 4 is 17.8 Å². The number of likely N-dealkylation sites (N-methyl/N-ethyl adjacent to an activating group) is 1. The number of aliphatic hydroxyl groups excluding tert-OH is 1. The molecule has 3 aliphatic rings. The molecule has 4 atom stereocenters. The van der Waals surface area contributed by atoms with Crippen molar-refractivity contribution in [2.24, 2.45) is 5.41 Å². The zero-order valence-electron chi connectivity index (χ0n) is 22.3. The number of aliphatic hydroxyl groups is 1.